The van der Waals surface area contributed by atoms with E-state index in [4.69, 9.17) is 5.10 Å². The van der Waals surface area contributed by atoms with Crippen molar-refractivity contribution in [1.82, 2.24) is 18.7 Å². The summed E-state index contributed by atoms with van der Waals surface area (Å²) in [6.07, 6.45) is 0. The van der Waals surface area contributed by atoms with Crippen molar-refractivity contribution in [2.45, 2.75) is 0 Å². The van der Waals surface area contributed by atoms with E-state index in [0.29, 0.717) is 0 Å². The second-order valence-electron chi connectivity index (χ2n) is 10.9. The molecule has 0 aliphatic carbocycles. The van der Waals surface area contributed by atoms with Crippen molar-refractivity contribution in [1.29, 1.82) is 0 Å². The number of rotatable bonds is 2. The lowest BCUT2D eigenvalue weighted by Gasteiger charge is -2.08. The molecule has 0 saturated heterocycles. The van der Waals surface area contributed by atoms with Crippen molar-refractivity contribution in [3.05, 3.63) is 133 Å². The standard InChI is InChI=1S/C37H22N4S/c1-2-11-24(12-3-1)39-31-16-8-5-13-26(31)28-21-33-29(22-32(28)39)37-36(27-14-6-9-17-34(27)42-37)40(33)35-20-25-19-18-23-10-4-7-15-30(23)41(25)38-35/h1-22H. The molecular weight excluding hydrogens is 533 g/mol. The van der Waals surface area contributed by atoms with Gasteiger partial charge in [-0.25, -0.2) is 4.52 Å². The SMILES string of the molecule is c1ccc(-n2c3ccccc3c3cc4c(cc32)c2sc3ccccc3c2n4-c2cc3ccc4ccccc4n3n2)cc1. The first-order valence-corrected chi connectivity index (χ1v) is 15.0. The van der Waals surface area contributed by atoms with Crippen molar-refractivity contribution in [2.24, 2.45) is 0 Å². The molecule has 5 heterocycles. The fourth-order valence-electron chi connectivity index (χ4n) is 6.82. The fraction of sp³-hybridized carbons (Fsp3) is 0. The molecule has 0 atom stereocenters. The Morgan fingerprint density at radius 3 is 2.12 bits per heavy atom. The van der Waals surface area contributed by atoms with Gasteiger partial charge in [-0.1, -0.05) is 78.9 Å². The van der Waals surface area contributed by atoms with Gasteiger partial charge in [-0.15, -0.1) is 16.4 Å². The average Bonchev–Trinajstić information content (AvgIpc) is 3.79. The molecule has 42 heavy (non-hydrogen) atoms. The molecule has 0 spiro atoms. The average molecular weight is 555 g/mol. The topological polar surface area (TPSA) is 27.2 Å². The van der Waals surface area contributed by atoms with Crippen LogP contribution in [0, 0.1) is 0 Å². The monoisotopic (exact) mass is 554 g/mol. The zero-order valence-electron chi connectivity index (χ0n) is 22.4. The molecule has 0 aliphatic heterocycles. The van der Waals surface area contributed by atoms with E-state index in [1.165, 1.54) is 64.1 Å². The van der Waals surface area contributed by atoms with E-state index in [-0.39, 0.29) is 0 Å². The number of hydrogen-bond acceptors (Lipinski definition) is 2. The molecule has 0 N–H and O–H groups in total. The predicted molar refractivity (Wildman–Crippen MR) is 177 cm³/mol. The van der Waals surface area contributed by atoms with Crippen LogP contribution in [0.25, 0.3) is 80.9 Å². The maximum absolute atomic E-state index is 5.24. The largest absolute Gasteiger partial charge is 0.309 e. The minimum atomic E-state index is 0.932. The Morgan fingerprint density at radius 1 is 0.500 bits per heavy atom. The van der Waals surface area contributed by atoms with Crippen molar-refractivity contribution < 1.29 is 0 Å². The van der Waals surface area contributed by atoms with Crippen LogP contribution in [0.1, 0.15) is 0 Å². The molecule has 10 rings (SSSR count). The van der Waals surface area contributed by atoms with Crippen LogP contribution in [0.2, 0.25) is 0 Å². The maximum atomic E-state index is 5.24. The van der Waals surface area contributed by atoms with E-state index in [9.17, 15) is 0 Å². The summed E-state index contributed by atoms with van der Waals surface area (Å²) in [5.74, 6) is 0.932. The minimum absolute atomic E-state index is 0.932. The first-order chi connectivity index (χ1) is 20.8. The summed E-state index contributed by atoms with van der Waals surface area (Å²) in [4.78, 5) is 0. The van der Waals surface area contributed by atoms with Gasteiger partial charge in [0.1, 0.15) is 0 Å². The smallest absolute Gasteiger partial charge is 0.160 e. The molecule has 0 radical (unpaired) electrons. The molecule has 0 aliphatic rings. The quantitative estimate of drug-likeness (QED) is 0.209. The van der Waals surface area contributed by atoms with E-state index in [1.54, 1.807) is 0 Å². The zero-order valence-corrected chi connectivity index (χ0v) is 23.2. The van der Waals surface area contributed by atoms with Gasteiger partial charge in [0, 0.05) is 43.4 Å². The third kappa shape index (κ3) is 2.88. The van der Waals surface area contributed by atoms with Gasteiger partial charge in [0.15, 0.2) is 5.82 Å². The van der Waals surface area contributed by atoms with Crippen LogP contribution in [0.3, 0.4) is 0 Å². The molecule has 196 valence electrons. The molecular formula is C37H22N4S. The molecule has 4 nitrogen and oxygen atoms in total. The highest BCUT2D eigenvalue weighted by Crippen LogP contribution is 2.45. The molecule has 5 aromatic carbocycles. The Kier molecular flexibility index (Phi) is 4.30. The number of benzene rings is 5. The number of para-hydroxylation sites is 3. The van der Waals surface area contributed by atoms with Crippen LogP contribution in [0.4, 0.5) is 0 Å². The van der Waals surface area contributed by atoms with Crippen LogP contribution in [-0.2, 0) is 0 Å². The Morgan fingerprint density at radius 2 is 1.21 bits per heavy atom. The lowest BCUT2D eigenvalue weighted by atomic mass is 10.1. The van der Waals surface area contributed by atoms with Crippen molar-refractivity contribution >= 4 is 80.8 Å². The van der Waals surface area contributed by atoms with Gasteiger partial charge in [0.05, 0.1) is 37.8 Å². The number of thiophene rings is 1. The Balaban J connectivity index is 1.39. The lowest BCUT2D eigenvalue weighted by molar-refractivity contribution is 0.953. The van der Waals surface area contributed by atoms with Gasteiger partial charge in [0.2, 0.25) is 0 Å². The summed E-state index contributed by atoms with van der Waals surface area (Å²) in [6.45, 7) is 0. The van der Waals surface area contributed by atoms with E-state index in [0.717, 1.165) is 16.9 Å². The van der Waals surface area contributed by atoms with Crippen molar-refractivity contribution in [3.8, 4) is 11.5 Å². The summed E-state index contributed by atoms with van der Waals surface area (Å²) >= 11 is 1.87. The van der Waals surface area contributed by atoms with Gasteiger partial charge in [0.25, 0.3) is 0 Å². The number of hydrogen-bond donors (Lipinski definition) is 0. The second kappa shape index (κ2) is 8.09. The molecule has 0 bridgehead atoms. The van der Waals surface area contributed by atoms with Gasteiger partial charge in [-0.3, -0.25) is 4.57 Å². The highest BCUT2D eigenvalue weighted by atomic mass is 32.1. The van der Waals surface area contributed by atoms with E-state index < -0.39 is 0 Å². The van der Waals surface area contributed by atoms with Crippen LogP contribution >= 0.6 is 11.3 Å². The van der Waals surface area contributed by atoms with Crippen LogP contribution < -0.4 is 0 Å². The van der Waals surface area contributed by atoms with E-state index >= 15 is 0 Å². The van der Waals surface area contributed by atoms with E-state index in [2.05, 4.69) is 147 Å². The van der Waals surface area contributed by atoms with Gasteiger partial charge < -0.3 is 4.57 Å². The molecule has 5 aromatic heterocycles. The molecule has 5 heteroatoms. The minimum Gasteiger partial charge on any atom is -0.309 e. The lowest BCUT2D eigenvalue weighted by Crippen LogP contribution is -1.97. The molecule has 0 unspecified atom stereocenters. The summed E-state index contributed by atoms with van der Waals surface area (Å²) in [5, 5.41) is 11.4. The van der Waals surface area contributed by atoms with Crippen LogP contribution in [0.15, 0.2) is 133 Å². The first-order valence-electron chi connectivity index (χ1n) is 14.2. The maximum Gasteiger partial charge on any atom is 0.160 e. The highest BCUT2D eigenvalue weighted by Gasteiger charge is 2.22. The van der Waals surface area contributed by atoms with E-state index in [1.807, 2.05) is 11.3 Å². The van der Waals surface area contributed by atoms with Gasteiger partial charge >= 0.3 is 0 Å². The van der Waals surface area contributed by atoms with Crippen LogP contribution in [-0.4, -0.2) is 18.7 Å². The highest BCUT2D eigenvalue weighted by molar-refractivity contribution is 7.26. The Bertz CT molecular complexity index is 2680. The predicted octanol–water partition coefficient (Wildman–Crippen LogP) is 9.90. The normalized spacial score (nSPS) is 12.3. The molecule has 0 amide bonds. The first kappa shape index (κ1) is 22.3. The summed E-state index contributed by atoms with van der Waals surface area (Å²) in [6, 6.07) is 48.0. The van der Waals surface area contributed by atoms with Crippen LogP contribution in [0.5, 0.6) is 0 Å². The number of aromatic nitrogens is 4. The molecule has 0 saturated carbocycles. The third-order valence-corrected chi connectivity index (χ3v) is 9.83. The van der Waals surface area contributed by atoms with Crippen molar-refractivity contribution in [2.75, 3.05) is 0 Å². The summed E-state index contributed by atoms with van der Waals surface area (Å²) < 4.78 is 9.45. The van der Waals surface area contributed by atoms with Gasteiger partial charge in [-0.05, 0) is 48.5 Å². The fourth-order valence-corrected chi connectivity index (χ4v) is 8.03. The Hall–Kier alpha value is -5.39. The van der Waals surface area contributed by atoms with Gasteiger partial charge in [-0.2, -0.15) is 0 Å². The Labute approximate surface area is 243 Å². The number of fused-ring (bicyclic) bond motifs is 11. The third-order valence-electron chi connectivity index (χ3n) is 8.63. The number of nitrogens with zero attached hydrogens (tertiary/aromatic N) is 4. The summed E-state index contributed by atoms with van der Waals surface area (Å²) in [7, 11) is 0. The number of pyridine rings is 1. The summed E-state index contributed by atoms with van der Waals surface area (Å²) in [5.41, 5.74) is 8.19. The zero-order chi connectivity index (χ0) is 27.4. The second-order valence-corrected chi connectivity index (χ2v) is 12.0. The van der Waals surface area contributed by atoms with Crippen molar-refractivity contribution in [3.63, 3.8) is 0 Å². The molecule has 10 aromatic rings. The molecule has 0 fully saturated rings.